The summed E-state index contributed by atoms with van der Waals surface area (Å²) in [6, 6.07) is 19.6. The van der Waals surface area contributed by atoms with Crippen LogP contribution in [0.2, 0.25) is 0 Å². The van der Waals surface area contributed by atoms with E-state index >= 15 is 0 Å². The van der Waals surface area contributed by atoms with E-state index in [-0.39, 0.29) is 6.61 Å². The van der Waals surface area contributed by atoms with E-state index in [0.717, 1.165) is 18.1 Å². The van der Waals surface area contributed by atoms with Crippen molar-refractivity contribution in [3.05, 3.63) is 83.8 Å². The molecule has 0 saturated heterocycles. The van der Waals surface area contributed by atoms with E-state index in [0.29, 0.717) is 18.8 Å². The Morgan fingerprint density at radius 1 is 0.964 bits per heavy atom. The van der Waals surface area contributed by atoms with E-state index in [2.05, 4.69) is 36.1 Å². The molecule has 0 bridgehead atoms. The van der Waals surface area contributed by atoms with Gasteiger partial charge >= 0.3 is 0 Å². The number of ether oxygens (including phenoxy) is 2. The normalized spacial score (nSPS) is 12.1. The first-order valence-electron chi connectivity index (χ1n) is 9.37. The summed E-state index contributed by atoms with van der Waals surface area (Å²) in [5.41, 5.74) is 2.43. The van der Waals surface area contributed by atoms with Crippen molar-refractivity contribution in [2.75, 3.05) is 20.3 Å². The molecule has 1 unspecified atom stereocenters. The van der Waals surface area contributed by atoms with Crippen LogP contribution in [0.4, 0.5) is 0 Å². The average molecular weight is 381 g/mol. The Balaban J connectivity index is 1.57. The average Bonchev–Trinajstić information content (AvgIpc) is 3.21. The number of hydrogen-bond donors (Lipinski definition) is 1. The van der Waals surface area contributed by atoms with Gasteiger partial charge in [0.05, 0.1) is 19.9 Å². The van der Waals surface area contributed by atoms with Gasteiger partial charge in [0, 0.05) is 13.1 Å². The summed E-state index contributed by atoms with van der Waals surface area (Å²) < 4.78 is 16.3. The van der Waals surface area contributed by atoms with Crippen LogP contribution in [-0.4, -0.2) is 36.4 Å². The molecule has 1 aromatic heterocycles. The van der Waals surface area contributed by atoms with Crippen LogP contribution < -0.4 is 9.47 Å². The molecule has 2 aromatic carbocycles. The number of hydrogen-bond acceptors (Lipinski definition) is 5. The van der Waals surface area contributed by atoms with Gasteiger partial charge in [0.2, 0.25) is 0 Å². The predicted molar refractivity (Wildman–Crippen MR) is 108 cm³/mol. The third-order valence-corrected chi connectivity index (χ3v) is 4.46. The van der Waals surface area contributed by atoms with Gasteiger partial charge in [-0.05, 0) is 48.9 Å². The minimum Gasteiger partial charge on any atom is -0.497 e. The molecule has 1 heterocycles. The van der Waals surface area contributed by atoms with Gasteiger partial charge in [-0.3, -0.25) is 4.90 Å². The van der Waals surface area contributed by atoms with E-state index in [1.807, 2.05) is 36.4 Å². The van der Waals surface area contributed by atoms with Crippen molar-refractivity contribution in [2.24, 2.45) is 0 Å². The molecular weight excluding hydrogens is 354 g/mol. The van der Waals surface area contributed by atoms with Crippen molar-refractivity contribution < 1.29 is 19.0 Å². The Hall–Kier alpha value is -2.76. The highest BCUT2D eigenvalue weighted by Gasteiger charge is 2.15. The maximum absolute atomic E-state index is 10.5. The van der Waals surface area contributed by atoms with Gasteiger partial charge in [-0.1, -0.05) is 29.8 Å². The first-order chi connectivity index (χ1) is 13.6. The van der Waals surface area contributed by atoms with Crippen molar-refractivity contribution >= 4 is 0 Å². The van der Waals surface area contributed by atoms with Gasteiger partial charge in [0.1, 0.15) is 30.0 Å². The summed E-state index contributed by atoms with van der Waals surface area (Å²) in [5.74, 6) is 2.35. The lowest BCUT2D eigenvalue weighted by molar-refractivity contribution is 0.0604. The van der Waals surface area contributed by atoms with Crippen molar-refractivity contribution in [1.29, 1.82) is 0 Å². The summed E-state index contributed by atoms with van der Waals surface area (Å²) in [4.78, 5) is 2.16. The molecule has 5 nitrogen and oxygen atoms in total. The van der Waals surface area contributed by atoms with E-state index < -0.39 is 6.10 Å². The first-order valence-corrected chi connectivity index (χ1v) is 9.37. The highest BCUT2D eigenvalue weighted by atomic mass is 16.5. The Bertz CT molecular complexity index is 813. The maximum atomic E-state index is 10.5. The second kappa shape index (κ2) is 9.97. The molecule has 0 aliphatic rings. The van der Waals surface area contributed by atoms with Gasteiger partial charge in [0.15, 0.2) is 0 Å². The fourth-order valence-electron chi connectivity index (χ4n) is 2.97. The molecule has 1 N–H and O–H groups in total. The predicted octanol–water partition coefficient (Wildman–Crippen LogP) is 4.04. The Kier molecular flexibility index (Phi) is 7.12. The standard InChI is InChI=1S/C23H27NO4/c1-18-5-7-19(8-6-18)14-24(16-23-4-3-13-27-23)15-20(25)17-28-22-11-9-21(26-2)10-12-22/h3-13,20,25H,14-17H2,1-2H3. The lowest BCUT2D eigenvalue weighted by Gasteiger charge is -2.24. The summed E-state index contributed by atoms with van der Waals surface area (Å²) >= 11 is 0. The molecule has 148 valence electrons. The number of aliphatic hydroxyl groups excluding tert-OH is 1. The van der Waals surface area contributed by atoms with Crippen molar-refractivity contribution in [3.8, 4) is 11.5 Å². The van der Waals surface area contributed by atoms with E-state index in [4.69, 9.17) is 13.9 Å². The zero-order valence-electron chi connectivity index (χ0n) is 16.4. The van der Waals surface area contributed by atoms with Crippen LogP contribution in [0.5, 0.6) is 11.5 Å². The van der Waals surface area contributed by atoms with Gasteiger partial charge in [-0.15, -0.1) is 0 Å². The first kappa shape index (κ1) is 20.0. The van der Waals surface area contributed by atoms with Crippen LogP contribution in [-0.2, 0) is 13.1 Å². The highest BCUT2D eigenvalue weighted by molar-refractivity contribution is 5.31. The molecule has 3 rings (SSSR count). The Labute approximate surface area is 166 Å². The lowest BCUT2D eigenvalue weighted by atomic mass is 10.1. The second-order valence-electron chi connectivity index (χ2n) is 6.87. The van der Waals surface area contributed by atoms with Gasteiger partial charge in [0.25, 0.3) is 0 Å². The number of aliphatic hydroxyl groups is 1. The molecule has 0 spiro atoms. The SMILES string of the molecule is COc1ccc(OCC(O)CN(Cc2ccc(C)cc2)Cc2ccco2)cc1. The van der Waals surface area contributed by atoms with Crippen molar-refractivity contribution in [1.82, 2.24) is 4.90 Å². The van der Waals surface area contributed by atoms with Crippen LogP contribution in [0.1, 0.15) is 16.9 Å². The summed E-state index contributed by atoms with van der Waals surface area (Å²) in [7, 11) is 1.63. The molecule has 0 aliphatic heterocycles. The third kappa shape index (κ3) is 6.15. The van der Waals surface area contributed by atoms with Crippen LogP contribution in [0.25, 0.3) is 0 Å². The summed E-state index contributed by atoms with van der Waals surface area (Å²) in [6.45, 7) is 4.12. The van der Waals surface area contributed by atoms with Crippen molar-refractivity contribution in [2.45, 2.75) is 26.1 Å². The third-order valence-electron chi connectivity index (χ3n) is 4.46. The van der Waals surface area contributed by atoms with Gasteiger partial charge in [-0.2, -0.15) is 0 Å². The van der Waals surface area contributed by atoms with E-state index in [9.17, 15) is 5.11 Å². The molecule has 3 aromatic rings. The quantitative estimate of drug-likeness (QED) is 0.574. The summed E-state index contributed by atoms with van der Waals surface area (Å²) in [6.07, 6.45) is 1.05. The van der Waals surface area contributed by atoms with Crippen LogP contribution in [0.15, 0.2) is 71.3 Å². The smallest absolute Gasteiger partial charge is 0.119 e. The number of methoxy groups -OCH3 is 1. The van der Waals surface area contributed by atoms with Crippen LogP contribution in [0, 0.1) is 6.92 Å². The molecule has 1 atom stereocenters. The zero-order valence-corrected chi connectivity index (χ0v) is 16.4. The molecule has 0 amide bonds. The van der Waals surface area contributed by atoms with Crippen LogP contribution >= 0.6 is 0 Å². The number of furan rings is 1. The molecule has 28 heavy (non-hydrogen) atoms. The monoisotopic (exact) mass is 381 g/mol. The minimum atomic E-state index is -0.623. The van der Waals surface area contributed by atoms with Gasteiger partial charge < -0.3 is 19.0 Å². The van der Waals surface area contributed by atoms with E-state index in [1.165, 1.54) is 11.1 Å². The molecule has 0 fully saturated rings. The van der Waals surface area contributed by atoms with E-state index in [1.54, 1.807) is 13.4 Å². The summed E-state index contributed by atoms with van der Waals surface area (Å²) in [5, 5.41) is 10.5. The van der Waals surface area contributed by atoms with Gasteiger partial charge in [-0.25, -0.2) is 0 Å². The largest absolute Gasteiger partial charge is 0.497 e. The number of aryl methyl sites for hydroxylation is 1. The number of benzene rings is 2. The molecule has 0 radical (unpaired) electrons. The zero-order chi connectivity index (χ0) is 19.8. The molecule has 0 aliphatic carbocycles. The molecule has 5 heteroatoms. The minimum absolute atomic E-state index is 0.217. The fourth-order valence-corrected chi connectivity index (χ4v) is 2.97. The molecular formula is C23H27NO4. The topological polar surface area (TPSA) is 55.1 Å². The number of nitrogens with zero attached hydrogens (tertiary/aromatic N) is 1. The Morgan fingerprint density at radius 3 is 2.32 bits per heavy atom. The lowest BCUT2D eigenvalue weighted by Crippen LogP contribution is -2.35. The van der Waals surface area contributed by atoms with Crippen molar-refractivity contribution in [3.63, 3.8) is 0 Å². The van der Waals surface area contributed by atoms with Crippen LogP contribution in [0.3, 0.4) is 0 Å². The number of rotatable bonds is 10. The molecule has 0 saturated carbocycles. The Morgan fingerprint density at radius 2 is 1.68 bits per heavy atom. The highest BCUT2D eigenvalue weighted by Crippen LogP contribution is 2.17. The fraction of sp³-hybridized carbons (Fsp3) is 0.304. The maximum Gasteiger partial charge on any atom is 0.119 e. The second-order valence-corrected chi connectivity index (χ2v) is 6.87.